The first-order valence-electron chi connectivity index (χ1n) is 11.2. The highest BCUT2D eigenvalue weighted by molar-refractivity contribution is 5.15. The van der Waals surface area contributed by atoms with Crippen LogP contribution in [0, 0.1) is 0 Å². The standard InChI is InChI=1S/C27H30O6/c28-16-23-24(30-17-20-10-4-1-5-11-20)25(31-18-21-12-6-2-7-13-21)26(27(29)33-23)32-19-22-14-8-3-9-15-22/h1-15,23-29H,16-19H2/t23-,24+,25-,26-,27-/m0/s1. The maximum Gasteiger partial charge on any atom is 0.184 e. The molecule has 5 atom stereocenters. The molecule has 3 aromatic rings. The number of hydrogen-bond donors (Lipinski definition) is 2. The third kappa shape index (κ3) is 6.48. The molecular formula is C27H30O6. The molecule has 0 aromatic heterocycles. The van der Waals surface area contributed by atoms with Crippen LogP contribution < -0.4 is 0 Å². The fourth-order valence-corrected chi connectivity index (χ4v) is 3.91. The lowest BCUT2D eigenvalue weighted by atomic mass is 9.98. The molecule has 174 valence electrons. The summed E-state index contributed by atoms with van der Waals surface area (Å²) in [4.78, 5) is 0. The Kier molecular flexibility index (Phi) is 8.60. The van der Waals surface area contributed by atoms with Crippen LogP contribution in [0.15, 0.2) is 91.0 Å². The van der Waals surface area contributed by atoms with Gasteiger partial charge in [0.2, 0.25) is 0 Å². The van der Waals surface area contributed by atoms with Gasteiger partial charge in [0.15, 0.2) is 6.29 Å². The van der Waals surface area contributed by atoms with Crippen molar-refractivity contribution in [3.8, 4) is 0 Å². The Hall–Kier alpha value is -2.58. The lowest BCUT2D eigenvalue weighted by Gasteiger charge is -2.44. The van der Waals surface area contributed by atoms with Crippen LogP contribution in [0.25, 0.3) is 0 Å². The van der Waals surface area contributed by atoms with E-state index in [1.54, 1.807) is 0 Å². The van der Waals surface area contributed by atoms with Crippen molar-refractivity contribution in [1.29, 1.82) is 0 Å². The summed E-state index contributed by atoms with van der Waals surface area (Å²) in [5.74, 6) is 0. The highest BCUT2D eigenvalue weighted by Gasteiger charge is 2.47. The van der Waals surface area contributed by atoms with E-state index in [0.29, 0.717) is 13.2 Å². The summed E-state index contributed by atoms with van der Waals surface area (Å²) in [6.45, 7) is 0.601. The van der Waals surface area contributed by atoms with Crippen LogP contribution >= 0.6 is 0 Å². The molecule has 1 heterocycles. The maximum absolute atomic E-state index is 10.7. The van der Waals surface area contributed by atoms with E-state index in [1.165, 1.54) is 0 Å². The lowest BCUT2D eigenvalue weighted by molar-refractivity contribution is -0.315. The summed E-state index contributed by atoms with van der Waals surface area (Å²) < 4.78 is 24.3. The minimum absolute atomic E-state index is 0.284. The monoisotopic (exact) mass is 450 g/mol. The summed E-state index contributed by atoms with van der Waals surface area (Å²) in [7, 11) is 0. The van der Waals surface area contributed by atoms with Crippen LogP contribution in [-0.4, -0.2) is 47.5 Å². The molecule has 1 fully saturated rings. The third-order valence-corrected chi connectivity index (χ3v) is 5.65. The number of ether oxygens (including phenoxy) is 4. The number of rotatable bonds is 10. The molecule has 1 aliphatic rings. The lowest BCUT2D eigenvalue weighted by Crippen LogP contribution is -2.61. The molecule has 0 aliphatic carbocycles. The Labute approximate surface area is 194 Å². The first-order valence-corrected chi connectivity index (χ1v) is 11.2. The Balaban J connectivity index is 1.53. The van der Waals surface area contributed by atoms with Crippen molar-refractivity contribution < 1.29 is 29.2 Å². The van der Waals surface area contributed by atoms with Gasteiger partial charge in [-0.15, -0.1) is 0 Å². The molecule has 1 aliphatic heterocycles. The predicted molar refractivity (Wildman–Crippen MR) is 123 cm³/mol. The molecule has 1 saturated heterocycles. The third-order valence-electron chi connectivity index (χ3n) is 5.65. The van der Waals surface area contributed by atoms with Gasteiger partial charge in [0.1, 0.15) is 24.4 Å². The van der Waals surface area contributed by atoms with Crippen LogP contribution in [0.3, 0.4) is 0 Å². The Morgan fingerprint density at radius 2 is 0.970 bits per heavy atom. The van der Waals surface area contributed by atoms with Crippen molar-refractivity contribution >= 4 is 0 Å². The van der Waals surface area contributed by atoms with Crippen molar-refractivity contribution in [3.05, 3.63) is 108 Å². The molecule has 0 unspecified atom stereocenters. The van der Waals surface area contributed by atoms with Crippen molar-refractivity contribution in [2.45, 2.75) is 50.5 Å². The van der Waals surface area contributed by atoms with Crippen molar-refractivity contribution in [2.24, 2.45) is 0 Å². The van der Waals surface area contributed by atoms with Crippen LogP contribution in [-0.2, 0) is 38.8 Å². The Bertz CT molecular complexity index is 937. The molecule has 4 rings (SSSR count). The van der Waals surface area contributed by atoms with Gasteiger partial charge in [0.05, 0.1) is 26.4 Å². The average molecular weight is 451 g/mol. The van der Waals surface area contributed by atoms with Crippen LogP contribution in [0.5, 0.6) is 0 Å². The quantitative estimate of drug-likeness (QED) is 0.493. The number of benzene rings is 3. The van der Waals surface area contributed by atoms with E-state index in [0.717, 1.165) is 16.7 Å². The molecule has 2 N–H and O–H groups in total. The molecule has 0 spiro atoms. The van der Waals surface area contributed by atoms with Gasteiger partial charge in [-0.05, 0) is 16.7 Å². The summed E-state index contributed by atoms with van der Waals surface area (Å²) in [5.41, 5.74) is 2.95. The Morgan fingerprint density at radius 1 is 0.576 bits per heavy atom. The molecule has 3 aromatic carbocycles. The second-order valence-corrected chi connectivity index (χ2v) is 8.03. The summed E-state index contributed by atoms with van der Waals surface area (Å²) in [5, 5.41) is 20.7. The average Bonchev–Trinajstić information content (AvgIpc) is 2.87. The highest BCUT2D eigenvalue weighted by Crippen LogP contribution is 2.29. The summed E-state index contributed by atoms with van der Waals surface area (Å²) in [6.07, 6.45) is -4.09. The smallest absolute Gasteiger partial charge is 0.184 e. The first-order chi connectivity index (χ1) is 16.2. The normalized spacial score (nSPS) is 25.1. The fraction of sp³-hybridized carbons (Fsp3) is 0.333. The molecular weight excluding hydrogens is 420 g/mol. The van der Waals surface area contributed by atoms with Crippen molar-refractivity contribution in [3.63, 3.8) is 0 Å². The minimum atomic E-state index is -1.26. The molecule has 0 amide bonds. The van der Waals surface area contributed by atoms with E-state index in [4.69, 9.17) is 18.9 Å². The SMILES string of the molecule is OC[C@@H]1O[C@H](O)[C@@H](OCc2ccccc2)[C@@H](OCc2ccccc2)[C@@H]1OCc1ccccc1. The highest BCUT2D eigenvalue weighted by atomic mass is 16.7. The van der Waals surface area contributed by atoms with E-state index < -0.39 is 30.7 Å². The summed E-state index contributed by atoms with van der Waals surface area (Å²) >= 11 is 0. The molecule has 33 heavy (non-hydrogen) atoms. The van der Waals surface area contributed by atoms with Gasteiger partial charge in [0, 0.05) is 0 Å². The largest absolute Gasteiger partial charge is 0.394 e. The molecule has 6 nitrogen and oxygen atoms in total. The van der Waals surface area contributed by atoms with E-state index in [9.17, 15) is 10.2 Å². The number of aliphatic hydroxyl groups is 2. The first kappa shape index (κ1) is 23.6. The molecule has 0 bridgehead atoms. The van der Waals surface area contributed by atoms with Crippen LogP contribution in [0.4, 0.5) is 0 Å². The predicted octanol–water partition coefficient (Wildman–Crippen LogP) is 3.45. The van der Waals surface area contributed by atoms with Crippen LogP contribution in [0.2, 0.25) is 0 Å². The van der Waals surface area contributed by atoms with Crippen molar-refractivity contribution in [1.82, 2.24) is 0 Å². The number of aliphatic hydroxyl groups excluding tert-OH is 2. The second-order valence-electron chi connectivity index (χ2n) is 8.03. The molecule has 6 heteroatoms. The van der Waals surface area contributed by atoms with Gasteiger partial charge in [-0.1, -0.05) is 91.0 Å². The van der Waals surface area contributed by atoms with Gasteiger partial charge < -0.3 is 29.2 Å². The van der Waals surface area contributed by atoms with E-state index in [2.05, 4.69) is 0 Å². The Morgan fingerprint density at radius 3 is 1.39 bits per heavy atom. The van der Waals surface area contributed by atoms with Crippen LogP contribution in [0.1, 0.15) is 16.7 Å². The van der Waals surface area contributed by atoms with E-state index in [-0.39, 0.29) is 13.2 Å². The second kappa shape index (κ2) is 12.0. The zero-order valence-corrected chi connectivity index (χ0v) is 18.4. The van der Waals surface area contributed by atoms with E-state index >= 15 is 0 Å². The van der Waals surface area contributed by atoms with Gasteiger partial charge in [0.25, 0.3) is 0 Å². The number of hydrogen-bond acceptors (Lipinski definition) is 6. The zero-order chi connectivity index (χ0) is 22.9. The fourth-order valence-electron chi connectivity index (χ4n) is 3.91. The van der Waals surface area contributed by atoms with Gasteiger partial charge >= 0.3 is 0 Å². The minimum Gasteiger partial charge on any atom is -0.394 e. The topological polar surface area (TPSA) is 77.4 Å². The van der Waals surface area contributed by atoms with Gasteiger partial charge in [-0.3, -0.25) is 0 Å². The van der Waals surface area contributed by atoms with Crippen molar-refractivity contribution in [2.75, 3.05) is 6.61 Å². The zero-order valence-electron chi connectivity index (χ0n) is 18.4. The van der Waals surface area contributed by atoms with Gasteiger partial charge in [-0.2, -0.15) is 0 Å². The van der Waals surface area contributed by atoms with E-state index in [1.807, 2.05) is 91.0 Å². The maximum atomic E-state index is 10.7. The summed E-state index contributed by atoms with van der Waals surface area (Å²) in [6, 6.07) is 29.3. The van der Waals surface area contributed by atoms with Gasteiger partial charge in [-0.25, -0.2) is 0 Å². The molecule has 0 saturated carbocycles. The molecule has 0 radical (unpaired) electrons.